The van der Waals surface area contributed by atoms with E-state index in [1.165, 1.54) is 0 Å². The molecule has 0 aliphatic carbocycles. The number of carbonyl (C=O) groups is 1. The fourth-order valence-electron chi connectivity index (χ4n) is 1.28. The van der Waals surface area contributed by atoms with Crippen LogP contribution >= 0.6 is 0 Å². The zero-order valence-corrected chi connectivity index (χ0v) is 7.25. The molecule has 0 unspecified atom stereocenters. The summed E-state index contributed by atoms with van der Waals surface area (Å²) in [7, 11) is 0. The summed E-state index contributed by atoms with van der Waals surface area (Å²) in [5.74, 6) is -0.366. The smallest absolute Gasteiger partial charge is 0.333 e. The molecule has 0 spiro atoms. The van der Waals surface area contributed by atoms with Gasteiger partial charge in [0.15, 0.2) is 0 Å². The number of aliphatic hydroxyl groups is 1. The van der Waals surface area contributed by atoms with Gasteiger partial charge in [-0.15, -0.1) is 0 Å². The molecule has 1 aliphatic rings. The summed E-state index contributed by atoms with van der Waals surface area (Å²) in [5, 5.41) is 9.47. The molecule has 0 bridgehead atoms. The molecule has 1 rings (SSSR count). The summed E-state index contributed by atoms with van der Waals surface area (Å²) in [6, 6.07) is 0. The van der Waals surface area contributed by atoms with Crippen molar-refractivity contribution in [3.05, 3.63) is 12.2 Å². The minimum atomic E-state index is -0.529. The normalized spacial score (nSPS) is 25.7. The molecule has 3 heteroatoms. The number of hydrogen-bond acceptors (Lipinski definition) is 3. The Labute approximate surface area is 72.0 Å². The number of aliphatic hydroxyl groups excluding tert-OH is 1. The third kappa shape index (κ3) is 1.85. The molecule has 0 amide bonds. The molecule has 1 aliphatic heterocycles. The monoisotopic (exact) mass is 170 g/mol. The molecule has 0 aromatic rings. The average Bonchev–Trinajstić information content (AvgIpc) is 2.33. The molecule has 1 heterocycles. The Morgan fingerprint density at radius 2 is 2.50 bits per heavy atom. The second kappa shape index (κ2) is 3.72. The third-order valence-electron chi connectivity index (χ3n) is 2.01. The quantitative estimate of drug-likeness (QED) is 0.508. The van der Waals surface area contributed by atoms with E-state index in [2.05, 4.69) is 6.58 Å². The van der Waals surface area contributed by atoms with Gasteiger partial charge in [0.1, 0.15) is 6.10 Å². The summed E-state index contributed by atoms with van der Waals surface area (Å²) in [4.78, 5) is 10.9. The van der Waals surface area contributed by atoms with Gasteiger partial charge in [-0.2, -0.15) is 0 Å². The van der Waals surface area contributed by atoms with Gasteiger partial charge in [-0.05, 0) is 6.42 Å². The van der Waals surface area contributed by atoms with Crippen molar-refractivity contribution in [2.24, 2.45) is 0 Å². The first-order valence-electron chi connectivity index (χ1n) is 4.22. The summed E-state index contributed by atoms with van der Waals surface area (Å²) < 4.78 is 4.90. The predicted molar refractivity (Wildman–Crippen MR) is 44.6 cm³/mol. The lowest BCUT2D eigenvalue weighted by Crippen LogP contribution is -2.25. The Hall–Kier alpha value is -0.830. The van der Waals surface area contributed by atoms with Gasteiger partial charge in [0.2, 0.25) is 0 Å². The van der Waals surface area contributed by atoms with E-state index < -0.39 is 6.10 Å². The Morgan fingerprint density at radius 3 is 2.92 bits per heavy atom. The first-order valence-corrected chi connectivity index (χ1v) is 4.22. The first kappa shape index (κ1) is 9.26. The lowest BCUT2D eigenvalue weighted by Gasteiger charge is -2.14. The lowest BCUT2D eigenvalue weighted by atomic mass is 10.1. The van der Waals surface area contributed by atoms with Crippen LogP contribution in [-0.2, 0) is 9.53 Å². The Balaban J connectivity index is 2.45. The van der Waals surface area contributed by atoms with Gasteiger partial charge >= 0.3 is 5.97 Å². The van der Waals surface area contributed by atoms with E-state index in [4.69, 9.17) is 4.74 Å². The van der Waals surface area contributed by atoms with Gasteiger partial charge in [-0.3, -0.25) is 0 Å². The predicted octanol–water partition coefficient (Wildman–Crippen LogP) is 1.02. The molecule has 0 radical (unpaired) electrons. The molecule has 1 saturated heterocycles. The summed E-state index contributed by atoms with van der Waals surface area (Å²) in [5.41, 5.74) is 0.468. The maximum absolute atomic E-state index is 10.9. The SMILES string of the molecule is C=C1C[C@H]([C@@H](O)CCC)OC1=O. The van der Waals surface area contributed by atoms with Gasteiger partial charge in [0.05, 0.1) is 6.10 Å². The van der Waals surface area contributed by atoms with Gasteiger partial charge in [-0.25, -0.2) is 4.79 Å². The van der Waals surface area contributed by atoms with Crippen LogP contribution in [0.1, 0.15) is 26.2 Å². The van der Waals surface area contributed by atoms with E-state index >= 15 is 0 Å². The highest BCUT2D eigenvalue weighted by Crippen LogP contribution is 2.22. The van der Waals surface area contributed by atoms with Gasteiger partial charge in [-0.1, -0.05) is 19.9 Å². The summed E-state index contributed by atoms with van der Waals surface area (Å²) >= 11 is 0. The third-order valence-corrected chi connectivity index (χ3v) is 2.01. The molecule has 1 fully saturated rings. The van der Waals surface area contributed by atoms with E-state index in [9.17, 15) is 9.90 Å². The van der Waals surface area contributed by atoms with Crippen molar-refractivity contribution in [3.63, 3.8) is 0 Å². The molecular weight excluding hydrogens is 156 g/mol. The van der Waals surface area contributed by atoms with Gasteiger partial charge in [0.25, 0.3) is 0 Å². The van der Waals surface area contributed by atoms with Crippen LogP contribution in [0.5, 0.6) is 0 Å². The van der Waals surface area contributed by atoms with E-state index in [1.54, 1.807) is 0 Å². The Morgan fingerprint density at radius 1 is 1.83 bits per heavy atom. The number of rotatable bonds is 3. The summed E-state index contributed by atoms with van der Waals surface area (Å²) in [6.07, 6.45) is 1.15. The summed E-state index contributed by atoms with van der Waals surface area (Å²) in [6.45, 7) is 5.52. The maximum atomic E-state index is 10.9. The van der Waals surface area contributed by atoms with Crippen LogP contribution in [0.15, 0.2) is 12.2 Å². The minimum Gasteiger partial charge on any atom is -0.456 e. The molecule has 0 aromatic carbocycles. The zero-order chi connectivity index (χ0) is 9.14. The number of ether oxygens (including phenoxy) is 1. The molecule has 1 N–H and O–H groups in total. The first-order chi connectivity index (χ1) is 5.65. The highest BCUT2D eigenvalue weighted by atomic mass is 16.6. The Bertz CT molecular complexity index is 182. The van der Waals surface area contributed by atoms with Crippen molar-refractivity contribution >= 4 is 5.97 Å². The fourth-order valence-corrected chi connectivity index (χ4v) is 1.28. The molecule has 3 nitrogen and oxygen atoms in total. The van der Waals surface area contributed by atoms with E-state index in [0.717, 1.165) is 6.42 Å². The van der Waals surface area contributed by atoms with Gasteiger partial charge < -0.3 is 9.84 Å². The molecule has 2 atom stereocenters. The van der Waals surface area contributed by atoms with Crippen LogP contribution in [-0.4, -0.2) is 23.3 Å². The topological polar surface area (TPSA) is 46.5 Å². The second-order valence-corrected chi connectivity index (χ2v) is 3.11. The van der Waals surface area contributed by atoms with Crippen LogP contribution < -0.4 is 0 Å². The fraction of sp³-hybridized carbons (Fsp3) is 0.667. The van der Waals surface area contributed by atoms with Crippen molar-refractivity contribution in [2.75, 3.05) is 0 Å². The zero-order valence-electron chi connectivity index (χ0n) is 7.25. The van der Waals surface area contributed by atoms with Crippen molar-refractivity contribution < 1.29 is 14.6 Å². The molecule has 0 saturated carbocycles. The highest BCUT2D eigenvalue weighted by Gasteiger charge is 2.32. The van der Waals surface area contributed by atoms with Crippen LogP contribution in [0.2, 0.25) is 0 Å². The van der Waals surface area contributed by atoms with Crippen molar-refractivity contribution in [1.82, 2.24) is 0 Å². The number of esters is 1. The van der Waals surface area contributed by atoms with E-state index in [-0.39, 0.29) is 12.1 Å². The van der Waals surface area contributed by atoms with Crippen LogP contribution in [0.3, 0.4) is 0 Å². The Kier molecular flexibility index (Phi) is 2.87. The highest BCUT2D eigenvalue weighted by molar-refractivity contribution is 5.89. The minimum absolute atomic E-state index is 0.357. The molecular formula is C9H14O3. The van der Waals surface area contributed by atoms with Crippen LogP contribution in [0.4, 0.5) is 0 Å². The van der Waals surface area contributed by atoms with Crippen LogP contribution in [0, 0.1) is 0 Å². The van der Waals surface area contributed by atoms with E-state index in [1.807, 2.05) is 6.92 Å². The molecule has 68 valence electrons. The largest absolute Gasteiger partial charge is 0.456 e. The number of carbonyl (C=O) groups excluding carboxylic acids is 1. The standard InChI is InChI=1S/C9H14O3/c1-3-4-7(10)8-5-6(2)9(11)12-8/h7-8,10H,2-5H2,1H3/t7-,8+/m0/s1. The second-order valence-electron chi connectivity index (χ2n) is 3.11. The average molecular weight is 170 g/mol. The lowest BCUT2D eigenvalue weighted by molar-refractivity contribution is -0.143. The van der Waals surface area contributed by atoms with Crippen LogP contribution in [0.25, 0.3) is 0 Å². The van der Waals surface area contributed by atoms with Crippen molar-refractivity contribution in [2.45, 2.75) is 38.4 Å². The number of cyclic esters (lactones) is 1. The van der Waals surface area contributed by atoms with Gasteiger partial charge in [0, 0.05) is 12.0 Å². The molecule has 0 aromatic heterocycles. The maximum Gasteiger partial charge on any atom is 0.333 e. The molecule has 12 heavy (non-hydrogen) atoms. The van der Waals surface area contributed by atoms with Crippen molar-refractivity contribution in [3.8, 4) is 0 Å². The number of hydrogen-bond donors (Lipinski definition) is 1. The van der Waals surface area contributed by atoms with Crippen molar-refractivity contribution in [1.29, 1.82) is 0 Å². The van der Waals surface area contributed by atoms with E-state index in [0.29, 0.717) is 18.4 Å².